The standard InChI is InChI=1S/C38H38N2O8/c1-4-19-5-7-20(8-6-19)15-28(42)40-23-11-9-21(10-12-23)24-13-14-27(41)31-25(24)16-22-17-26-29(18(2)3)33(43)32(37(39)47)36(46)38(26,48)35(45)30(22)34(31)44/h5-14,18,22,26,29-30,32,41,48H,4,15-17H2,1-3H3,(H2,39,47)(H,40,42)/t22-,26-,29-,30?,32?,38-/m0/s1. The van der Waals surface area contributed by atoms with Crippen molar-refractivity contribution in [1.29, 1.82) is 0 Å². The maximum Gasteiger partial charge on any atom is 0.235 e. The molecule has 10 heteroatoms. The van der Waals surface area contributed by atoms with Crippen LogP contribution in [0.25, 0.3) is 11.1 Å². The molecule has 248 valence electrons. The second-order valence-corrected chi connectivity index (χ2v) is 13.6. The number of ketones is 4. The van der Waals surface area contributed by atoms with E-state index in [9.17, 15) is 39.0 Å². The first-order chi connectivity index (χ1) is 22.8. The Kier molecular flexibility index (Phi) is 8.41. The summed E-state index contributed by atoms with van der Waals surface area (Å²) in [5.41, 5.74) is 7.12. The molecule has 0 spiro atoms. The molecule has 2 unspecified atom stereocenters. The van der Waals surface area contributed by atoms with Gasteiger partial charge in [0.1, 0.15) is 5.75 Å². The van der Waals surface area contributed by atoms with Crippen molar-refractivity contribution in [2.45, 2.75) is 52.1 Å². The summed E-state index contributed by atoms with van der Waals surface area (Å²) in [7, 11) is 0. The molecule has 3 aromatic carbocycles. The zero-order valence-corrected chi connectivity index (χ0v) is 27.0. The number of phenolic OH excluding ortho intramolecular Hbond substituents is 1. The summed E-state index contributed by atoms with van der Waals surface area (Å²) in [4.78, 5) is 79.8. The van der Waals surface area contributed by atoms with Gasteiger partial charge in [-0.05, 0) is 77.1 Å². The van der Waals surface area contributed by atoms with Crippen molar-refractivity contribution in [1.82, 2.24) is 0 Å². The van der Waals surface area contributed by atoms with Gasteiger partial charge in [-0.25, -0.2) is 0 Å². The molecule has 3 aliphatic rings. The van der Waals surface area contributed by atoms with Crippen LogP contribution in [0, 0.1) is 35.5 Å². The average Bonchev–Trinajstić information content (AvgIpc) is 3.03. The SMILES string of the molecule is CCc1ccc(CC(=O)Nc2ccc(-c3ccc(O)c4c3C[C@H]3C[C@H]5[C@H](C(C)C)C(=O)C(C(N)=O)C(=O)[C@@]5(O)C(=O)C3C4=O)cc2)cc1. The van der Waals surface area contributed by atoms with Crippen LogP contribution in [0.5, 0.6) is 5.75 Å². The largest absolute Gasteiger partial charge is 0.507 e. The number of nitrogens with one attached hydrogen (secondary N) is 1. The van der Waals surface area contributed by atoms with Crippen molar-refractivity contribution in [3.63, 3.8) is 0 Å². The molecule has 5 N–H and O–H groups in total. The molecule has 0 bridgehead atoms. The fourth-order valence-electron chi connectivity index (χ4n) is 8.14. The fraction of sp³-hybridized carbons (Fsp3) is 0.368. The van der Waals surface area contributed by atoms with Crippen molar-refractivity contribution in [2.24, 2.45) is 41.2 Å². The lowest BCUT2D eigenvalue weighted by Gasteiger charge is -2.52. The van der Waals surface area contributed by atoms with E-state index in [-0.39, 0.29) is 36.5 Å². The van der Waals surface area contributed by atoms with Gasteiger partial charge in [0.25, 0.3) is 0 Å². The highest BCUT2D eigenvalue weighted by atomic mass is 16.3. The third-order valence-electron chi connectivity index (χ3n) is 10.5. The van der Waals surface area contributed by atoms with Crippen molar-refractivity contribution >= 4 is 40.6 Å². The number of carbonyl (C=O) groups excluding carboxylic acids is 6. The fourth-order valence-corrected chi connectivity index (χ4v) is 8.14. The molecular formula is C38H38N2O8. The lowest BCUT2D eigenvalue weighted by Crippen LogP contribution is -2.71. The molecule has 0 heterocycles. The van der Waals surface area contributed by atoms with Crippen molar-refractivity contribution in [3.8, 4) is 16.9 Å². The van der Waals surface area contributed by atoms with E-state index < -0.39 is 70.1 Å². The first-order valence-corrected chi connectivity index (χ1v) is 16.3. The molecule has 0 radical (unpaired) electrons. The summed E-state index contributed by atoms with van der Waals surface area (Å²) in [6.45, 7) is 5.49. The Balaban J connectivity index is 1.30. The van der Waals surface area contributed by atoms with Crippen LogP contribution in [0.3, 0.4) is 0 Å². The van der Waals surface area contributed by atoms with Gasteiger partial charge in [0.2, 0.25) is 11.8 Å². The predicted octanol–water partition coefficient (Wildman–Crippen LogP) is 3.62. The number of carbonyl (C=O) groups is 6. The first-order valence-electron chi connectivity index (χ1n) is 16.3. The van der Waals surface area contributed by atoms with E-state index in [0.717, 1.165) is 12.0 Å². The number of benzene rings is 3. The van der Waals surface area contributed by atoms with Crippen LogP contribution in [0.15, 0.2) is 60.7 Å². The normalized spacial score (nSPS) is 26.5. The Morgan fingerprint density at radius 1 is 0.938 bits per heavy atom. The molecule has 0 saturated heterocycles. The number of fused-ring (bicyclic) bond motifs is 3. The number of hydrogen-bond donors (Lipinski definition) is 4. The van der Waals surface area contributed by atoms with Crippen LogP contribution < -0.4 is 11.1 Å². The molecule has 6 atom stereocenters. The summed E-state index contributed by atoms with van der Waals surface area (Å²) >= 11 is 0. The average molecular weight is 651 g/mol. The zero-order chi connectivity index (χ0) is 34.7. The Hall–Kier alpha value is -4.96. The van der Waals surface area contributed by atoms with Gasteiger partial charge in [-0.3, -0.25) is 28.8 Å². The molecule has 3 aromatic rings. The van der Waals surface area contributed by atoms with E-state index in [1.165, 1.54) is 11.6 Å². The highest BCUT2D eigenvalue weighted by molar-refractivity contribution is 6.32. The molecule has 3 aliphatic carbocycles. The highest BCUT2D eigenvalue weighted by Gasteiger charge is 2.69. The number of aryl methyl sites for hydroxylation is 1. The van der Waals surface area contributed by atoms with Crippen LogP contribution in [0.4, 0.5) is 5.69 Å². The number of anilines is 1. The van der Waals surface area contributed by atoms with Gasteiger partial charge in [0.05, 0.1) is 17.9 Å². The van der Waals surface area contributed by atoms with Gasteiger partial charge in [-0.15, -0.1) is 0 Å². The monoisotopic (exact) mass is 650 g/mol. The molecule has 0 aliphatic heterocycles. The number of primary amides is 1. The molecule has 10 nitrogen and oxygen atoms in total. The lowest BCUT2D eigenvalue weighted by atomic mass is 9.49. The molecule has 2 amide bonds. The summed E-state index contributed by atoms with van der Waals surface area (Å²) in [6.07, 6.45) is 1.30. The Labute approximate surface area is 277 Å². The molecular weight excluding hydrogens is 612 g/mol. The van der Waals surface area contributed by atoms with E-state index >= 15 is 0 Å². The van der Waals surface area contributed by atoms with E-state index in [2.05, 4.69) is 12.2 Å². The van der Waals surface area contributed by atoms with Gasteiger partial charge in [0.15, 0.2) is 34.7 Å². The van der Waals surface area contributed by atoms with Crippen LogP contribution in [0.1, 0.15) is 54.2 Å². The number of phenols is 1. The van der Waals surface area contributed by atoms with Gasteiger partial charge in [0, 0.05) is 17.5 Å². The van der Waals surface area contributed by atoms with E-state index in [1.807, 2.05) is 24.3 Å². The van der Waals surface area contributed by atoms with E-state index in [0.29, 0.717) is 22.4 Å². The third kappa shape index (κ3) is 5.24. The van der Waals surface area contributed by atoms with Crippen LogP contribution in [-0.2, 0) is 43.2 Å². The molecule has 2 fully saturated rings. The van der Waals surface area contributed by atoms with Crippen LogP contribution in [-0.4, -0.2) is 50.8 Å². The van der Waals surface area contributed by atoms with Gasteiger partial charge < -0.3 is 21.3 Å². The number of amides is 2. The van der Waals surface area contributed by atoms with Gasteiger partial charge >= 0.3 is 0 Å². The number of hydrogen-bond acceptors (Lipinski definition) is 8. The number of aromatic hydroxyl groups is 1. The summed E-state index contributed by atoms with van der Waals surface area (Å²) in [5.74, 6) is -12.2. The Morgan fingerprint density at radius 3 is 2.19 bits per heavy atom. The highest BCUT2D eigenvalue weighted by Crippen LogP contribution is 2.53. The molecule has 48 heavy (non-hydrogen) atoms. The minimum atomic E-state index is -2.73. The second-order valence-electron chi connectivity index (χ2n) is 13.6. The Bertz CT molecular complexity index is 1860. The zero-order valence-electron chi connectivity index (χ0n) is 27.0. The number of nitrogens with two attached hydrogens (primary N) is 1. The third-order valence-corrected chi connectivity index (χ3v) is 10.5. The number of aliphatic hydroxyl groups is 1. The summed E-state index contributed by atoms with van der Waals surface area (Å²) < 4.78 is 0. The Morgan fingerprint density at radius 2 is 1.58 bits per heavy atom. The quantitative estimate of drug-likeness (QED) is 0.280. The topological polar surface area (TPSA) is 181 Å². The maximum absolute atomic E-state index is 14.1. The van der Waals surface area contributed by atoms with Gasteiger partial charge in [-0.2, -0.15) is 0 Å². The van der Waals surface area contributed by atoms with Crippen molar-refractivity contribution < 1.29 is 39.0 Å². The summed E-state index contributed by atoms with van der Waals surface area (Å²) in [5, 5.41) is 25.5. The summed E-state index contributed by atoms with van der Waals surface area (Å²) in [6, 6.07) is 18.0. The molecule has 2 saturated carbocycles. The maximum atomic E-state index is 14.1. The van der Waals surface area contributed by atoms with Crippen molar-refractivity contribution in [3.05, 3.63) is 82.9 Å². The number of Topliss-reactive ketones (excluding diaryl/α,β-unsaturated/α-hetero) is 4. The van der Waals surface area contributed by atoms with Gasteiger partial charge in [-0.1, -0.05) is 63.2 Å². The second kappa shape index (κ2) is 12.2. The molecule has 0 aromatic heterocycles. The van der Waals surface area contributed by atoms with Crippen LogP contribution in [0.2, 0.25) is 0 Å². The van der Waals surface area contributed by atoms with Crippen molar-refractivity contribution in [2.75, 3.05) is 5.32 Å². The van der Waals surface area contributed by atoms with Crippen LogP contribution >= 0.6 is 0 Å². The molecule has 6 rings (SSSR count). The number of rotatable bonds is 7. The van der Waals surface area contributed by atoms with E-state index in [4.69, 9.17) is 5.73 Å². The smallest absolute Gasteiger partial charge is 0.235 e. The first kappa shape index (κ1) is 33.0. The minimum Gasteiger partial charge on any atom is -0.507 e. The lowest BCUT2D eigenvalue weighted by molar-refractivity contribution is -0.182. The predicted molar refractivity (Wildman–Crippen MR) is 176 cm³/mol. The van der Waals surface area contributed by atoms with E-state index in [1.54, 1.807) is 44.2 Å². The minimum absolute atomic E-state index is 0.00509.